The number of halogens is 1. The molecule has 0 spiro atoms. The number of hydrogen-bond acceptors (Lipinski definition) is 4. The van der Waals surface area contributed by atoms with Crippen molar-refractivity contribution in [3.63, 3.8) is 0 Å². The molecule has 5 nitrogen and oxygen atoms in total. The number of anilines is 2. The van der Waals surface area contributed by atoms with Crippen LogP contribution in [0.1, 0.15) is 43.7 Å². The summed E-state index contributed by atoms with van der Waals surface area (Å²) in [6, 6.07) is 21.5. The van der Waals surface area contributed by atoms with Crippen LogP contribution in [0.15, 0.2) is 83.5 Å². The maximum Gasteiger partial charge on any atom is 0.282 e. The van der Waals surface area contributed by atoms with Crippen molar-refractivity contribution in [1.29, 1.82) is 0 Å². The third-order valence-corrected chi connectivity index (χ3v) is 6.05. The highest BCUT2D eigenvalue weighted by atomic mass is 19.1. The first-order chi connectivity index (χ1) is 17.5. The molecule has 0 radical (unpaired) electrons. The van der Waals surface area contributed by atoms with Crippen molar-refractivity contribution in [3.8, 4) is 5.75 Å². The van der Waals surface area contributed by atoms with E-state index in [1.165, 1.54) is 23.8 Å². The van der Waals surface area contributed by atoms with Crippen LogP contribution in [-0.4, -0.2) is 32.4 Å². The molecule has 1 heterocycles. The van der Waals surface area contributed by atoms with Crippen molar-refractivity contribution < 1.29 is 13.9 Å². The van der Waals surface area contributed by atoms with Crippen LogP contribution in [0.5, 0.6) is 5.75 Å². The highest BCUT2D eigenvalue weighted by Gasteiger charge is 2.33. The van der Waals surface area contributed by atoms with Gasteiger partial charge < -0.3 is 9.64 Å². The van der Waals surface area contributed by atoms with Crippen molar-refractivity contribution in [2.24, 2.45) is 4.99 Å². The minimum Gasteiger partial charge on any atom is -0.494 e. The Bertz CT molecular complexity index is 1250. The first-order valence-electron chi connectivity index (χ1n) is 12.4. The molecule has 6 heteroatoms. The lowest BCUT2D eigenvalue weighted by Gasteiger charge is -2.19. The van der Waals surface area contributed by atoms with E-state index in [9.17, 15) is 9.18 Å². The van der Waals surface area contributed by atoms with Crippen LogP contribution in [0.3, 0.4) is 0 Å². The second kappa shape index (κ2) is 11.7. The third-order valence-electron chi connectivity index (χ3n) is 6.05. The van der Waals surface area contributed by atoms with E-state index in [0.29, 0.717) is 12.3 Å². The van der Waals surface area contributed by atoms with Gasteiger partial charge in [-0.2, -0.15) is 0 Å². The fourth-order valence-electron chi connectivity index (χ4n) is 4.02. The average molecular weight is 486 g/mol. The fourth-order valence-corrected chi connectivity index (χ4v) is 4.02. The predicted molar refractivity (Wildman–Crippen MR) is 145 cm³/mol. The van der Waals surface area contributed by atoms with Gasteiger partial charge in [0.2, 0.25) is 0 Å². The summed E-state index contributed by atoms with van der Waals surface area (Å²) in [6.07, 6.45) is 6.27. The minimum absolute atomic E-state index is 0.252. The molecule has 0 atom stereocenters. The molecule has 3 aromatic carbocycles. The number of amidine groups is 1. The first-order valence-corrected chi connectivity index (χ1v) is 12.4. The Balaban J connectivity index is 1.62. The largest absolute Gasteiger partial charge is 0.494 e. The molecule has 0 N–H and O–H groups in total. The third kappa shape index (κ3) is 5.82. The SMILES string of the molecule is CCCCCCOc1ccc(N2C(=O)C(=Cc3ccc(N(C)C)cc3)N=C2c2ccccc2F)cc1. The van der Waals surface area contributed by atoms with Gasteiger partial charge in [0.05, 0.1) is 17.9 Å². The molecule has 0 saturated heterocycles. The standard InChI is InChI=1S/C30H32FN3O2/c1-4-5-6-9-20-36-25-18-16-24(17-19-25)34-29(26-10-7-8-11-27(26)31)32-28(30(34)35)21-22-12-14-23(15-13-22)33(2)3/h7-8,10-19,21H,4-6,9,20H2,1-3H3. The zero-order valence-corrected chi connectivity index (χ0v) is 21.1. The molecule has 0 aromatic heterocycles. The Labute approximate surface area is 212 Å². The molecule has 0 fully saturated rings. The van der Waals surface area contributed by atoms with E-state index in [2.05, 4.69) is 11.9 Å². The molecule has 3 aromatic rings. The lowest BCUT2D eigenvalue weighted by Crippen LogP contribution is -2.33. The summed E-state index contributed by atoms with van der Waals surface area (Å²) in [5.41, 5.74) is 3.02. The van der Waals surface area contributed by atoms with Gasteiger partial charge in [0.1, 0.15) is 17.3 Å². The summed E-state index contributed by atoms with van der Waals surface area (Å²) < 4.78 is 20.6. The molecule has 0 aliphatic carbocycles. The number of ether oxygens (including phenoxy) is 1. The topological polar surface area (TPSA) is 45.1 Å². The second-order valence-corrected chi connectivity index (χ2v) is 8.97. The van der Waals surface area contributed by atoms with E-state index >= 15 is 0 Å². The van der Waals surface area contributed by atoms with Gasteiger partial charge in [-0.25, -0.2) is 9.38 Å². The van der Waals surface area contributed by atoms with Gasteiger partial charge in [-0.05, 0) is 66.6 Å². The summed E-state index contributed by atoms with van der Waals surface area (Å²) in [7, 11) is 3.94. The van der Waals surface area contributed by atoms with Crippen LogP contribution in [-0.2, 0) is 4.79 Å². The van der Waals surface area contributed by atoms with Crippen LogP contribution in [0.4, 0.5) is 15.8 Å². The quantitative estimate of drug-likeness (QED) is 0.238. The fraction of sp³-hybridized carbons (Fsp3) is 0.267. The van der Waals surface area contributed by atoms with Gasteiger partial charge in [0.15, 0.2) is 5.84 Å². The number of nitrogens with zero attached hydrogens (tertiary/aromatic N) is 3. The molecule has 0 bridgehead atoms. The lowest BCUT2D eigenvalue weighted by molar-refractivity contribution is -0.113. The number of amides is 1. The molecular formula is C30H32FN3O2. The van der Waals surface area contributed by atoms with Gasteiger partial charge in [-0.3, -0.25) is 9.69 Å². The Morgan fingerprint density at radius 2 is 1.67 bits per heavy atom. The minimum atomic E-state index is -0.433. The Morgan fingerprint density at radius 1 is 0.944 bits per heavy atom. The van der Waals surface area contributed by atoms with Crippen molar-refractivity contribution >= 4 is 29.2 Å². The maximum atomic E-state index is 14.8. The van der Waals surface area contributed by atoms with Crippen molar-refractivity contribution in [3.05, 3.63) is 95.4 Å². The van der Waals surface area contributed by atoms with Crippen LogP contribution >= 0.6 is 0 Å². The normalized spacial score (nSPS) is 14.3. The van der Waals surface area contributed by atoms with E-state index in [4.69, 9.17) is 4.74 Å². The van der Waals surface area contributed by atoms with Crippen molar-refractivity contribution in [2.75, 3.05) is 30.5 Å². The number of carbonyl (C=O) groups is 1. The van der Waals surface area contributed by atoms with E-state index in [1.807, 2.05) is 67.5 Å². The van der Waals surface area contributed by atoms with Gasteiger partial charge in [-0.1, -0.05) is 50.5 Å². The van der Waals surface area contributed by atoms with Crippen LogP contribution in [0.2, 0.25) is 0 Å². The zero-order chi connectivity index (χ0) is 25.5. The smallest absolute Gasteiger partial charge is 0.282 e. The summed E-state index contributed by atoms with van der Waals surface area (Å²) in [4.78, 5) is 21.6. The van der Waals surface area contributed by atoms with Gasteiger partial charge >= 0.3 is 0 Å². The molecule has 1 aliphatic rings. The highest BCUT2D eigenvalue weighted by Crippen LogP contribution is 2.30. The van der Waals surface area contributed by atoms with Crippen LogP contribution in [0, 0.1) is 5.82 Å². The summed E-state index contributed by atoms with van der Waals surface area (Å²) in [5.74, 6) is 0.265. The lowest BCUT2D eigenvalue weighted by atomic mass is 10.1. The Hall–Kier alpha value is -3.93. The molecule has 1 amide bonds. The van der Waals surface area contributed by atoms with E-state index < -0.39 is 5.82 Å². The van der Waals surface area contributed by atoms with Crippen LogP contribution < -0.4 is 14.5 Å². The molecular weight excluding hydrogens is 453 g/mol. The number of benzene rings is 3. The van der Waals surface area contributed by atoms with Crippen molar-refractivity contribution in [1.82, 2.24) is 0 Å². The Morgan fingerprint density at radius 3 is 2.33 bits per heavy atom. The number of hydrogen-bond donors (Lipinski definition) is 0. The zero-order valence-electron chi connectivity index (χ0n) is 21.1. The average Bonchev–Trinajstić information content (AvgIpc) is 3.20. The Kier molecular flexibility index (Phi) is 8.16. The number of carbonyl (C=O) groups excluding carboxylic acids is 1. The molecule has 4 rings (SSSR count). The van der Waals surface area contributed by atoms with Crippen LogP contribution in [0.25, 0.3) is 6.08 Å². The summed E-state index contributed by atoms with van der Waals surface area (Å²) in [5, 5.41) is 0. The first kappa shape index (κ1) is 25.2. The molecule has 186 valence electrons. The van der Waals surface area contributed by atoms with Gasteiger partial charge in [-0.15, -0.1) is 0 Å². The van der Waals surface area contributed by atoms with Crippen molar-refractivity contribution in [2.45, 2.75) is 32.6 Å². The predicted octanol–water partition coefficient (Wildman–Crippen LogP) is 6.69. The van der Waals surface area contributed by atoms with E-state index in [-0.39, 0.29) is 23.0 Å². The molecule has 0 saturated carbocycles. The van der Waals surface area contributed by atoms with E-state index in [0.717, 1.165) is 29.8 Å². The molecule has 0 unspecified atom stereocenters. The second-order valence-electron chi connectivity index (χ2n) is 8.97. The molecule has 1 aliphatic heterocycles. The van der Waals surface area contributed by atoms with Gasteiger partial charge in [0.25, 0.3) is 5.91 Å². The maximum absolute atomic E-state index is 14.8. The van der Waals surface area contributed by atoms with Gasteiger partial charge in [0, 0.05) is 19.8 Å². The number of unbranched alkanes of at least 4 members (excludes halogenated alkanes) is 3. The van der Waals surface area contributed by atoms with E-state index in [1.54, 1.807) is 24.3 Å². The highest BCUT2D eigenvalue weighted by molar-refractivity contribution is 6.33. The summed E-state index contributed by atoms with van der Waals surface area (Å²) in [6.45, 7) is 2.84. The number of rotatable bonds is 10. The molecule has 36 heavy (non-hydrogen) atoms. The number of aliphatic imine (C=N–C) groups is 1. The monoisotopic (exact) mass is 485 g/mol. The summed E-state index contributed by atoms with van der Waals surface area (Å²) >= 11 is 0.